The van der Waals surface area contributed by atoms with E-state index < -0.39 is 41.1 Å². The fourth-order valence-corrected chi connectivity index (χ4v) is 3.29. The van der Waals surface area contributed by atoms with Crippen LogP contribution >= 0.6 is 0 Å². The maximum atomic E-state index is 12.5. The number of hydrazine groups is 1. The number of carbonyl (C=O) groups excluding carboxylic acids is 4. The molecule has 3 rings (SSSR count). The molecule has 3 amide bonds. The van der Waals surface area contributed by atoms with Gasteiger partial charge in [-0.05, 0) is 24.3 Å². The summed E-state index contributed by atoms with van der Waals surface area (Å²) >= 11 is 0. The fraction of sp³-hybridized carbons (Fsp3) is 0.273. The number of amides is 3. The predicted molar refractivity (Wildman–Crippen MR) is 120 cm³/mol. The first-order valence-electron chi connectivity index (χ1n) is 10.3. The van der Waals surface area contributed by atoms with Gasteiger partial charge in [0.25, 0.3) is 17.5 Å². The van der Waals surface area contributed by atoms with Gasteiger partial charge in [0.05, 0.1) is 31.6 Å². The molecule has 2 aromatic rings. The first-order chi connectivity index (χ1) is 16.7. The van der Waals surface area contributed by atoms with Crippen LogP contribution in [0.5, 0.6) is 11.5 Å². The second kappa shape index (κ2) is 11.0. The molecule has 1 saturated heterocycles. The van der Waals surface area contributed by atoms with E-state index >= 15 is 0 Å². The van der Waals surface area contributed by atoms with Crippen molar-refractivity contribution in [2.45, 2.75) is 6.42 Å². The molecule has 0 unspecified atom stereocenters. The Morgan fingerprint density at radius 2 is 1.86 bits per heavy atom. The number of hydrogen-bond acceptors (Lipinski definition) is 9. The number of carbonyl (C=O) groups is 4. The van der Waals surface area contributed by atoms with Gasteiger partial charge in [-0.3, -0.25) is 39.7 Å². The quantitative estimate of drug-likeness (QED) is 0.301. The minimum atomic E-state index is -0.890. The third-order valence-corrected chi connectivity index (χ3v) is 5.03. The van der Waals surface area contributed by atoms with Crippen molar-refractivity contribution in [3.63, 3.8) is 0 Å². The Labute approximate surface area is 199 Å². The molecule has 1 aliphatic rings. The van der Waals surface area contributed by atoms with Gasteiger partial charge in [-0.1, -0.05) is 6.07 Å². The van der Waals surface area contributed by atoms with Crippen LogP contribution in [-0.2, 0) is 19.1 Å². The van der Waals surface area contributed by atoms with Gasteiger partial charge in [0, 0.05) is 29.8 Å². The maximum Gasteiger partial charge on any atom is 0.311 e. The maximum absolute atomic E-state index is 12.5. The molecule has 1 fully saturated rings. The molecular formula is C22H22N4O9. The Morgan fingerprint density at radius 3 is 2.54 bits per heavy atom. The first-order valence-corrected chi connectivity index (χ1v) is 10.3. The van der Waals surface area contributed by atoms with Crippen molar-refractivity contribution < 1.29 is 38.3 Å². The molecule has 2 N–H and O–H groups in total. The van der Waals surface area contributed by atoms with Crippen molar-refractivity contribution >= 4 is 35.1 Å². The standard InChI is InChI=1S/C22H22N4O9/c1-33-17-7-6-13(8-18(17)34-2)21(29)24-25-11-14(9-20(25)28)22(30)35-12-19(27)23-15-4-3-5-16(10-15)26(31)32/h3-8,10,14H,9,11-12H2,1-2H3,(H,23,27)(H,24,29)/t14-/m0/s1. The van der Waals surface area contributed by atoms with E-state index in [1.807, 2.05) is 0 Å². The van der Waals surface area contributed by atoms with Crippen molar-refractivity contribution in [2.75, 3.05) is 32.7 Å². The number of hydrogen-bond donors (Lipinski definition) is 2. The molecule has 0 bridgehead atoms. The number of nitrogens with zero attached hydrogens (tertiary/aromatic N) is 2. The van der Waals surface area contributed by atoms with E-state index in [2.05, 4.69) is 10.7 Å². The molecule has 0 radical (unpaired) electrons. The number of anilines is 1. The summed E-state index contributed by atoms with van der Waals surface area (Å²) < 4.78 is 15.3. The number of nitro benzene ring substituents is 1. The Morgan fingerprint density at radius 1 is 1.11 bits per heavy atom. The Hall–Kier alpha value is -4.68. The van der Waals surface area contributed by atoms with Crippen molar-refractivity contribution in [3.05, 3.63) is 58.1 Å². The Bertz CT molecular complexity index is 1170. The van der Waals surface area contributed by atoms with E-state index in [0.29, 0.717) is 11.5 Å². The van der Waals surface area contributed by atoms with E-state index in [1.165, 1.54) is 44.6 Å². The van der Waals surface area contributed by atoms with Crippen molar-refractivity contribution in [3.8, 4) is 11.5 Å². The number of benzene rings is 2. The lowest BCUT2D eigenvalue weighted by Gasteiger charge is -2.18. The highest BCUT2D eigenvalue weighted by molar-refractivity contribution is 5.97. The van der Waals surface area contributed by atoms with Gasteiger partial charge < -0.3 is 19.5 Å². The molecule has 2 aromatic carbocycles. The van der Waals surface area contributed by atoms with Crippen LogP contribution in [0.3, 0.4) is 0 Å². The van der Waals surface area contributed by atoms with Gasteiger partial charge in [-0.25, -0.2) is 0 Å². The smallest absolute Gasteiger partial charge is 0.311 e. The van der Waals surface area contributed by atoms with Crippen LogP contribution in [-0.4, -0.2) is 61.0 Å². The SMILES string of the molecule is COc1ccc(C(=O)NN2C[C@@H](C(=O)OCC(=O)Nc3cccc([N+](=O)[O-])c3)CC2=O)cc1OC. The summed E-state index contributed by atoms with van der Waals surface area (Å²) in [5.41, 5.74) is 2.60. The van der Waals surface area contributed by atoms with Gasteiger partial charge in [0.1, 0.15) is 0 Å². The molecule has 1 atom stereocenters. The molecule has 13 heteroatoms. The van der Waals surface area contributed by atoms with Crippen LogP contribution in [0.1, 0.15) is 16.8 Å². The van der Waals surface area contributed by atoms with Gasteiger partial charge in [0.15, 0.2) is 18.1 Å². The minimum Gasteiger partial charge on any atom is -0.493 e. The Balaban J connectivity index is 1.51. The molecule has 0 aliphatic carbocycles. The second-order valence-corrected chi connectivity index (χ2v) is 7.38. The van der Waals surface area contributed by atoms with Crippen molar-refractivity contribution in [2.24, 2.45) is 5.92 Å². The third kappa shape index (κ3) is 6.22. The van der Waals surface area contributed by atoms with Gasteiger partial charge in [-0.15, -0.1) is 0 Å². The summed E-state index contributed by atoms with van der Waals surface area (Å²) in [7, 11) is 2.88. The van der Waals surface area contributed by atoms with Crippen molar-refractivity contribution in [1.82, 2.24) is 10.4 Å². The average Bonchev–Trinajstić information content (AvgIpc) is 3.22. The van der Waals surface area contributed by atoms with Crippen LogP contribution in [0.4, 0.5) is 11.4 Å². The largest absolute Gasteiger partial charge is 0.493 e. The van der Waals surface area contributed by atoms with Crippen LogP contribution in [0.25, 0.3) is 0 Å². The van der Waals surface area contributed by atoms with Gasteiger partial charge in [-0.2, -0.15) is 0 Å². The highest BCUT2D eigenvalue weighted by Gasteiger charge is 2.36. The zero-order chi connectivity index (χ0) is 25.5. The molecule has 0 saturated carbocycles. The number of rotatable bonds is 9. The zero-order valence-corrected chi connectivity index (χ0v) is 18.8. The molecular weight excluding hydrogens is 464 g/mol. The molecule has 35 heavy (non-hydrogen) atoms. The zero-order valence-electron chi connectivity index (χ0n) is 18.8. The average molecular weight is 486 g/mol. The highest BCUT2D eigenvalue weighted by Crippen LogP contribution is 2.27. The summed E-state index contributed by atoms with van der Waals surface area (Å²) in [6, 6.07) is 9.74. The molecule has 0 aromatic heterocycles. The minimum absolute atomic E-state index is 0.136. The summed E-state index contributed by atoms with van der Waals surface area (Å²) in [4.78, 5) is 59.4. The van der Waals surface area contributed by atoms with E-state index in [4.69, 9.17) is 14.2 Å². The monoisotopic (exact) mass is 486 g/mol. The van der Waals surface area contributed by atoms with Crippen molar-refractivity contribution in [1.29, 1.82) is 0 Å². The van der Waals surface area contributed by atoms with Crippen LogP contribution in [0.15, 0.2) is 42.5 Å². The third-order valence-electron chi connectivity index (χ3n) is 5.03. The molecule has 13 nitrogen and oxygen atoms in total. The first kappa shape index (κ1) is 25.0. The summed E-state index contributed by atoms with van der Waals surface area (Å²) in [6.07, 6.45) is -0.211. The van der Waals surface area contributed by atoms with Crippen LogP contribution in [0, 0.1) is 16.0 Å². The Kier molecular flexibility index (Phi) is 7.81. The lowest BCUT2D eigenvalue weighted by molar-refractivity contribution is -0.384. The number of non-ortho nitro benzene ring substituents is 1. The number of ether oxygens (including phenoxy) is 3. The molecule has 1 aliphatic heterocycles. The van der Waals surface area contributed by atoms with E-state index in [-0.39, 0.29) is 29.9 Å². The number of methoxy groups -OCH3 is 2. The lowest BCUT2D eigenvalue weighted by atomic mass is 10.1. The molecule has 0 spiro atoms. The summed E-state index contributed by atoms with van der Waals surface area (Å²) in [6.45, 7) is -0.784. The van der Waals surface area contributed by atoms with Gasteiger partial charge >= 0.3 is 5.97 Å². The summed E-state index contributed by atoms with van der Waals surface area (Å²) in [5, 5.41) is 14.2. The summed E-state index contributed by atoms with van der Waals surface area (Å²) in [5.74, 6) is -2.72. The van der Waals surface area contributed by atoms with Crippen LogP contribution in [0.2, 0.25) is 0 Å². The number of nitro groups is 1. The van der Waals surface area contributed by atoms with E-state index in [0.717, 1.165) is 11.1 Å². The molecule has 1 heterocycles. The van der Waals surface area contributed by atoms with Gasteiger partial charge in [0.2, 0.25) is 5.91 Å². The highest BCUT2D eigenvalue weighted by atomic mass is 16.6. The molecule has 184 valence electrons. The predicted octanol–water partition coefficient (Wildman–Crippen LogP) is 1.29. The number of nitrogens with one attached hydrogen (secondary N) is 2. The fourth-order valence-electron chi connectivity index (χ4n) is 3.29. The normalized spacial score (nSPS) is 14.7. The topological polar surface area (TPSA) is 166 Å². The van der Waals surface area contributed by atoms with E-state index in [1.54, 1.807) is 6.07 Å². The van der Waals surface area contributed by atoms with Crippen LogP contribution < -0.4 is 20.2 Å². The second-order valence-electron chi connectivity index (χ2n) is 7.38. The van der Waals surface area contributed by atoms with E-state index in [9.17, 15) is 29.3 Å². The lowest BCUT2D eigenvalue weighted by Crippen LogP contribution is -2.43. The number of esters is 1.